The van der Waals surface area contributed by atoms with E-state index in [2.05, 4.69) is 44.7 Å². The maximum absolute atomic E-state index is 6.17. The van der Waals surface area contributed by atoms with Gasteiger partial charge in [-0.2, -0.15) is 0 Å². The Labute approximate surface area is 163 Å². The van der Waals surface area contributed by atoms with Gasteiger partial charge in [0.25, 0.3) is 0 Å². The number of ether oxygens (including phenoxy) is 1. The van der Waals surface area contributed by atoms with Gasteiger partial charge >= 0.3 is 0 Å². The minimum absolute atomic E-state index is 0.166. The highest BCUT2D eigenvalue weighted by Crippen LogP contribution is 2.42. The van der Waals surface area contributed by atoms with E-state index >= 15 is 0 Å². The molecule has 0 aromatic carbocycles. The predicted octanol–water partition coefficient (Wildman–Crippen LogP) is 2.56. The maximum Gasteiger partial charge on any atom is 0.233 e. The molecule has 0 aliphatic carbocycles. The Morgan fingerprint density at radius 2 is 1.82 bits per heavy atom. The molecule has 3 aromatic heterocycles. The predicted molar refractivity (Wildman–Crippen MR) is 103 cm³/mol. The van der Waals surface area contributed by atoms with Gasteiger partial charge in [0.2, 0.25) is 5.88 Å². The summed E-state index contributed by atoms with van der Waals surface area (Å²) in [4.78, 5) is 4.46. The van der Waals surface area contributed by atoms with Crippen molar-refractivity contribution >= 4 is 0 Å². The maximum atomic E-state index is 6.17. The van der Waals surface area contributed by atoms with Gasteiger partial charge in [0.05, 0.1) is 30.0 Å². The summed E-state index contributed by atoms with van der Waals surface area (Å²) >= 11 is 0. The van der Waals surface area contributed by atoms with Gasteiger partial charge in [0, 0.05) is 30.0 Å². The number of nitrogens with zero attached hydrogens (tertiary/aromatic N) is 6. The van der Waals surface area contributed by atoms with E-state index in [0.29, 0.717) is 11.6 Å². The first-order chi connectivity index (χ1) is 13.5. The molecule has 0 radical (unpaired) electrons. The molecular weight excluding hydrogens is 354 g/mol. The van der Waals surface area contributed by atoms with Gasteiger partial charge in [-0.05, 0) is 44.9 Å². The van der Waals surface area contributed by atoms with Crippen molar-refractivity contribution in [3.63, 3.8) is 0 Å². The van der Waals surface area contributed by atoms with Crippen LogP contribution < -0.4 is 10.1 Å². The number of hydrogen-bond donors (Lipinski definition) is 1. The molecule has 0 saturated carbocycles. The Morgan fingerprint density at radius 3 is 2.43 bits per heavy atom. The molecule has 2 aliphatic rings. The summed E-state index contributed by atoms with van der Waals surface area (Å²) in [5, 5.41) is 20.1. The molecule has 5 heterocycles. The van der Waals surface area contributed by atoms with Gasteiger partial charge in [-0.15, -0.1) is 15.3 Å². The third-order valence-corrected chi connectivity index (χ3v) is 5.81. The van der Waals surface area contributed by atoms with Crippen molar-refractivity contribution in [1.29, 1.82) is 0 Å². The Balaban J connectivity index is 1.28. The van der Waals surface area contributed by atoms with E-state index in [4.69, 9.17) is 4.74 Å². The highest BCUT2D eigenvalue weighted by molar-refractivity contribution is 5.54. The molecule has 0 spiro atoms. The number of piperidine rings is 1. The van der Waals surface area contributed by atoms with Crippen LogP contribution >= 0.6 is 0 Å². The van der Waals surface area contributed by atoms with Crippen molar-refractivity contribution in [2.24, 2.45) is 0 Å². The van der Waals surface area contributed by atoms with E-state index in [0.717, 1.165) is 24.2 Å². The highest BCUT2D eigenvalue weighted by atomic mass is 16.5. The number of aromatic nitrogens is 6. The second-order valence-corrected chi connectivity index (χ2v) is 8.40. The molecule has 5 rings (SSSR count). The van der Waals surface area contributed by atoms with Gasteiger partial charge in [-0.1, -0.05) is 5.21 Å². The van der Waals surface area contributed by atoms with Crippen LogP contribution in [0, 0.1) is 0 Å². The molecule has 3 atom stereocenters. The van der Waals surface area contributed by atoms with Crippen molar-refractivity contribution < 1.29 is 4.74 Å². The van der Waals surface area contributed by atoms with Gasteiger partial charge in [0.15, 0.2) is 0 Å². The standard InChI is InChI=1S/C20H23N7O/c1-19-7-8-20(2,25-19)12-15(11-19)28-18-6-5-17(23-24-18)16-4-3-14(13-21-16)27-10-9-22-26-27/h3-6,9-10,13,15,25H,7-8,11-12H2,1-2H3/t15?,19-,20+. The van der Waals surface area contributed by atoms with Crippen molar-refractivity contribution in [3.8, 4) is 23.0 Å². The average molecular weight is 377 g/mol. The van der Waals surface area contributed by atoms with Crippen LogP contribution in [0.25, 0.3) is 17.1 Å². The fraction of sp³-hybridized carbons (Fsp3) is 0.450. The summed E-state index contributed by atoms with van der Waals surface area (Å²) in [7, 11) is 0. The molecular formula is C20H23N7O. The Morgan fingerprint density at radius 1 is 1.04 bits per heavy atom. The largest absolute Gasteiger partial charge is 0.473 e. The second kappa shape index (κ2) is 6.34. The third kappa shape index (κ3) is 3.24. The van der Waals surface area contributed by atoms with Crippen LogP contribution in [0.4, 0.5) is 0 Å². The SMILES string of the molecule is C[C@]12CC[C@](C)(CC(Oc3ccc(-c4ccc(-n5ccnn5)cn4)nn3)C1)N2. The minimum Gasteiger partial charge on any atom is -0.473 e. The first-order valence-corrected chi connectivity index (χ1v) is 9.63. The van der Waals surface area contributed by atoms with Gasteiger partial charge in [0.1, 0.15) is 11.8 Å². The van der Waals surface area contributed by atoms with Crippen molar-refractivity contribution in [2.75, 3.05) is 0 Å². The van der Waals surface area contributed by atoms with E-state index in [1.165, 1.54) is 12.8 Å². The Bertz CT molecular complexity index is 939. The molecule has 2 aliphatic heterocycles. The molecule has 8 nitrogen and oxygen atoms in total. The summed E-state index contributed by atoms with van der Waals surface area (Å²) in [6.07, 6.45) is 9.70. The lowest BCUT2D eigenvalue weighted by molar-refractivity contribution is 0.0754. The number of pyridine rings is 1. The Kier molecular flexibility index (Phi) is 3.90. The molecule has 1 N–H and O–H groups in total. The van der Waals surface area contributed by atoms with E-state index in [-0.39, 0.29) is 17.2 Å². The quantitative estimate of drug-likeness (QED) is 0.747. The second-order valence-electron chi connectivity index (χ2n) is 8.40. The van der Waals surface area contributed by atoms with E-state index in [1.807, 2.05) is 24.3 Å². The third-order valence-electron chi connectivity index (χ3n) is 5.81. The zero-order valence-corrected chi connectivity index (χ0v) is 16.0. The van der Waals surface area contributed by atoms with Crippen molar-refractivity contribution in [3.05, 3.63) is 42.9 Å². The van der Waals surface area contributed by atoms with Crippen LogP contribution in [0.5, 0.6) is 5.88 Å². The van der Waals surface area contributed by atoms with Gasteiger partial charge < -0.3 is 10.1 Å². The number of rotatable bonds is 4. The van der Waals surface area contributed by atoms with Crippen molar-refractivity contribution in [1.82, 2.24) is 35.5 Å². The van der Waals surface area contributed by atoms with Crippen LogP contribution in [0.15, 0.2) is 42.9 Å². The monoisotopic (exact) mass is 377 g/mol. The van der Waals surface area contributed by atoms with Crippen LogP contribution in [0.1, 0.15) is 39.5 Å². The summed E-state index contributed by atoms with van der Waals surface area (Å²) in [6.45, 7) is 4.58. The summed E-state index contributed by atoms with van der Waals surface area (Å²) in [5.41, 5.74) is 2.64. The van der Waals surface area contributed by atoms with Crippen LogP contribution in [0.2, 0.25) is 0 Å². The minimum atomic E-state index is 0.166. The van der Waals surface area contributed by atoms with Crippen LogP contribution in [-0.4, -0.2) is 47.4 Å². The van der Waals surface area contributed by atoms with Crippen molar-refractivity contribution in [2.45, 2.75) is 56.7 Å². The van der Waals surface area contributed by atoms with Gasteiger partial charge in [-0.25, -0.2) is 4.68 Å². The molecule has 8 heteroatoms. The topological polar surface area (TPSA) is 90.6 Å². The fourth-order valence-electron chi connectivity index (χ4n) is 4.58. The summed E-state index contributed by atoms with van der Waals surface area (Å²) in [6, 6.07) is 7.60. The zero-order valence-electron chi connectivity index (χ0n) is 16.0. The lowest BCUT2D eigenvalue weighted by atomic mass is 9.86. The Hall–Kier alpha value is -2.87. The first-order valence-electron chi connectivity index (χ1n) is 9.63. The number of hydrogen-bond acceptors (Lipinski definition) is 7. The zero-order chi connectivity index (χ0) is 19.2. The normalized spacial score (nSPS) is 29.0. The smallest absolute Gasteiger partial charge is 0.233 e. The van der Waals surface area contributed by atoms with E-state index in [1.54, 1.807) is 23.3 Å². The van der Waals surface area contributed by atoms with E-state index < -0.39 is 0 Å². The molecule has 144 valence electrons. The number of fused-ring (bicyclic) bond motifs is 2. The van der Waals surface area contributed by atoms with Crippen LogP contribution in [0.3, 0.4) is 0 Å². The molecule has 2 bridgehead atoms. The molecule has 0 amide bonds. The van der Waals surface area contributed by atoms with E-state index in [9.17, 15) is 0 Å². The lowest BCUT2D eigenvalue weighted by Crippen LogP contribution is -2.56. The van der Waals surface area contributed by atoms with Gasteiger partial charge in [-0.3, -0.25) is 4.98 Å². The number of nitrogens with one attached hydrogen (secondary N) is 1. The lowest BCUT2D eigenvalue weighted by Gasteiger charge is -2.41. The molecule has 2 saturated heterocycles. The fourth-order valence-corrected chi connectivity index (χ4v) is 4.58. The highest BCUT2D eigenvalue weighted by Gasteiger charge is 2.49. The molecule has 3 aromatic rings. The molecule has 28 heavy (non-hydrogen) atoms. The van der Waals surface area contributed by atoms with Crippen LogP contribution in [-0.2, 0) is 0 Å². The average Bonchev–Trinajstić information content (AvgIpc) is 3.29. The molecule has 1 unspecified atom stereocenters. The summed E-state index contributed by atoms with van der Waals surface area (Å²) in [5.74, 6) is 0.571. The molecule has 2 fully saturated rings. The first kappa shape index (κ1) is 17.2. The summed E-state index contributed by atoms with van der Waals surface area (Å²) < 4.78 is 7.83.